The lowest BCUT2D eigenvalue weighted by Gasteiger charge is -2.23. The van der Waals surface area contributed by atoms with Gasteiger partial charge in [0.15, 0.2) is 0 Å². The number of allylic oxidation sites excluding steroid dienone is 1. The number of aryl methyl sites for hydroxylation is 1. The number of rotatable bonds is 10. The van der Waals surface area contributed by atoms with E-state index >= 15 is 0 Å². The molecule has 0 amide bonds. The quantitative estimate of drug-likeness (QED) is 0.164. The number of carbonyl (C=O) groups excluding carboxylic acids is 1. The molecule has 0 aromatic carbocycles. The highest BCUT2D eigenvalue weighted by atomic mass is 16.5. The van der Waals surface area contributed by atoms with Gasteiger partial charge >= 0.3 is 0 Å². The molecule has 0 aliphatic carbocycles. The van der Waals surface area contributed by atoms with Crippen LogP contribution in [0.1, 0.15) is 37.7 Å². The molecule has 1 aromatic rings. The van der Waals surface area contributed by atoms with Crippen LogP contribution >= 0.6 is 0 Å². The molecule has 0 radical (unpaired) electrons. The summed E-state index contributed by atoms with van der Waals surface area (Å²) in [6.07, 6.45) is 10.2. The van der Waals surface area contributed by atoms with Crippen molar-refractivity contribution in [3.63, 3.8) is 0 Å². The summed E-state index contributed by atoms with van der Waals surface area (Å²) in [5.41, 5.74) is 6.58. The summed E-state index contributed by atoms with van der Waals surface area (Å²) in [7, 11) is 2.00. The number of nitrogens with one attached hydrogen (secondary N) is 1. The Labute approximate surface area is 191 Å². The summed E-state index contributed by atoms with van der Waals surface area (Å²) in [6, 6.07) is 1.93. The van der Waals surface area contributed by atoms with Gasteiger partial charge in [0, 0.05) is 17.8 Å². The van der Waals surface area contributed by atoms with Crippen LogP contribution in [0.15, 0.2) is 43.8 Å². The molecule has 4 N–H and O–H groups in total. The van der Waals surface area contributed by atoms with Gasteiger partial charge in [-0.3, -0.25) is 15.2 Å². The van der Waals surface area contributed by atoms with E-state index in [9.17, 15) is 4.79 Å². The first-order valence-corrected chi connectivity index (χ1v) is 10.5. The first kappa shape index (κ1) is 29.1. The molecule has 0 bridgehead atoms. The van der Waals surface area contributed by atoms with E-state index in [4.69, 9.17) is 21.0 Å². The number of nitrogens with two attached hydrogens (primary N) is 1. The zero-order valence-corrected chi connectivity index (χ0v) is 19.5. The summed E-state index contributed by atoms with van der Waals surface area (Å²) < 4.78 is 4.76. The van der Waals surface area contributed by atoms with Crippen LogP contribution in [0.4, 0.5) is 5.95 Å². The van der Waals surface area contributed by atoms with E-state index < -0.39 is 0 Å². The van der Waals surface area contributed by atoms with Crippen LogP contribution in [0.3, 0.4) is 0 Å². The third-order valence-corrected chi connectivity index (χ3v) is 4.55. The highest BCUT2D eigenvalue weighted by Gasteiger charge is 2.34. The Morgan fingerprint density at radius 1 is 1.44 bits per heavy atom. The smallest absolute Gasteiger partial charge is 0.235 e. The summed E-state index contributed by atoms with van der Waals surface area (Å²) in [5.74, 6) is 0.388. The lowest BCUT2D eigenvalue weighted by atomic mass is 9.98. The monoisotopic (exact) mass is 446 g/mol. The molecule has 1 fully saturated rings. The van der Waals surface area contributed by atoms with Crippen LogP contribution < -0.4 is 10.6 Å². The van der Waals surface area contributed by atoms with Crippen molar-refractivity contribution in [3.05, 3.63) is 55.2 Å². The number of carbonyl (C=O) groups is 1. The standard InChI is InChI=1S/C15H21N5O.C5H10O2.C3H7N/c1-4-12-8-13(14-11(9-21)6-7-19(14)3)18-15(17-12)20(5-2)10-16;1-2-4-7-5-3-6;1-2-3-4/h5,8-11,14,16H,2,4,6-7H2,1,3H3;2,6H,1,3-5H2;2-3H,4H2,1H3/b;;3-2+. The second kappa shape index (κ2) is 17.8. The molecule has 1 aromatic heterocycles. The Balaban J connectivity index is 0.000000728. The van der Waals surface area contributed by atoms with Gasteiger partial charge in [0.05, 0.1) is 37.9 Å². The number of hydrogen-bond acceptors (Lipinski definition) is 8. The van der Waals surface area contributed by atoms with Crippen molar-refractivity contribution in [2.75, 3.05) is 38.3 Å². The number of aliphatic hydroxyl groups excluding tert-OH is 1. The van der Waals surface area contributed by atoms with Crippen LogP contribution in [0, 0.1) is 11.3 Å². The third kappa shape index (κ3) is 9.95. The molecule has 1 aliphatic rings. The second-order valence-corrected chi connectivity index (χ2v) is 6.78. The minimum atomic E-state index is -0.0420. The zero-order chi connectivity index (χ0) is 24.4. The van der Waals surface area contributed by atoms with Gasteiger partial charge in [-0.15, -0.1) is 6.58 Å². The highest BCUT2D eigenvalue weighted by molar-refractivity contribution is 5.75. The van der Waals surface area contributed by atoms with Crippen LogP contribution in [0.25, 0.3) is 0 Å². The predicted molar refractivity (Wildman–Crippen MR) is 130 cm³/mol. The minimum Gasteiger partial charge on any atom is -0.405 e. The lowest BCUT2D eigenvalue weighted by Crippen LogP contribution is -2.25. The molecular formula is C23H38N6O3. The molecule has 32 heavy (non-hydrogen) atoms. The van der Waals surface area contributed by atoms with Crippen molar-refractivity contribution >= 4 is 18.6 Å². The van der Waals surface area contributed by atoms with E-state index in [1.165, 1.54) is 17.3 Å². The largest absolute Gasteiger partial charge is 0.405 e. The Morgan fingerprint density at radius 2 is 2.12 bits per heavy atom. The highest BCUT2D eigenvalue weighted by Crippen LogP contribution is 2.34. The summed E-state index contributed by atoms with van der Waals surface area (Å²) in [5, 5.41) is 15.5. The molecule has 0 saturated carbocycles. The fourth-order valence-corrected chi connectivity index (χ4v) is 2.94. The predicted octanol–water partition coefficient (Wildman–Crippen LogP) is 2.45. The maximum atomic E-state index is 11.3. The molecule has 2 atom stereocenters. The van der Waals surface area contributed by atoms with Gasteiger partial charge < -0.3 is 20.4 Å². The average Bonchev–Trinajstić information content (AvgIpc) is 3.21. The van der Waals surface area contributed by atoms with Crippen molar-refractivity contribution in [1.29, 1.82) is 5.41 Å². The molecule has 9 heteroatoms. The fraction of sp³-hybridized carbons (Fsp3) is 0.478. The fourth-order valence-electron chi connectivity index (χ4n) is 2.94. The van der Waals surface area contributed by atoms with E-state index in [1.807, 2.05) is 27.0 Å². The number of hydrogen-bond donors (Lipinski definition) is 3. The van der Waals surface area contributed by atoms with Crippen LogP contribution in [-0.4, -0.2) is 66.0 Å². The first-order valence-electron chi connectivity index (χ1n) is 10.5. The average molecular weight is 447 g/mol. The minimum absolute atomic E-state index is 0.0213. The summed E-state index contributed by atoms with van der Waals surface area (Å²) in [4.78, 5) is 23.9. The number of aliphatic hydroxyl groups is 1. The molecule has 178 valence electrons. The first-order chi connectivity index (χ1) is 15.5. The van der Waals surface area contributed by atoms with Crippen LogP contribution in [0.5, 0.6) is 0 Å². The Kier molecular flexibility index (Phi) is 16.2. The normalized spacial score (nSPS) is 17.5. The van der Waals surface area contributed by atoms with E-state index in [2.05, 4.69) is 28.0 Å². The van der Waals surface area contributed by atoms with Crippen molar-refractivity contribution in [2.24, 2.45) is 11.7 Å². The van der Waals surface area contributed by atoms with Gasteiger partial charge in [-0.25, -0.2) is 9.97 Å². The SMILES string of the molecule is C/C=C/N.C=CCOCCO.C=CN(C=N)c1nc(CC)cc(C2C(C=O)CCN2C)n1. The van der Waals surface area contributed by atoms with Gasteiger partial charge in [-0.1, -0.05) is 25.7 Å². The van der Waals surface area contributed by atoms with Crippen molar-refractivity contribution in [3.8, 4) is 0 Å². The lowest BCUT2D eigenvalue weighted by molar-refractivity contribution is -0.111. The number of anilines is 1. The number of nitrogens with zero attached hydrogens (tertiary/aromatic N) is 4. The maximum absolute atomic E-state index is 11.3. The number of likely N-dealkylation sites (tertiary alicyclic amines) is 1. The molecule has 1 saturated heterocycles. The van der Waals surface area contributed by atoms with E-state index in [-0.39, 0.29) is 18.6 Å². The molecular weight excluding hydrogens is 408 g/mol. The van der Waals surface area contributed by atoms with Crippen molar-refractivity contribution in [2.45, 2.75) is 32.7 Å². The number of aromatic nitrogens is 2. The number of ether oxygens (including phenoxy) is 1. The Morgan fingerprint density at radius 3 is 2.59 bits per heavy atom. The van der Waals surface area contributed by atoms with Crippen LogP contribution in [0.2, 0.25) is 0 Å². The van der Waals surface area contributed by atoms with Crippen molar-refractivity contribution < 1.29 is 14.6 Å². The molecule has 9 nitrogen and oxygen atoms in total. The number of aldehydes is 1. The summed E-state index contributed by atoms with van der Waals surface area (Å²) >= 11 is 0. The van der Waals surface area contributed by atoms with E-state index in [1.54, 1.807) is 12.2 Å². The molecule has 1 aliphatic heterocycles. The van der Waals surface area contributed by atoms with Gasteiger partial charge in [0.1, 0.15) is 6.29 Å². The Bertz CT molecular complexity index is 714. The molecule has 2 heterocycles. The second-order valence-electron chi connectivity index (χ2n) is 6.78. The molecule has 2 unspecified atom stereocenters. The topological polar surface area (TPSA) is 129 Å². The molecule has 0 spiro atoms. The maximum Gasteiger partial charge on any atom is 0.235 e. The summed E-state index contributed by atoms with van der Waals surface area (Å²) in [6.45, 7) is 12.9. The Hall–Kier alpha value is -2.88. The molecule has 2 rings (SSSR count). The zero-order valence-electron chi connectivity index (χ0n) is 19.5. The van der Waals surface area contributed by atoms with E-state index in [0.717, 1.165) is 43.4 Å². The van der Waals surface area contributed by atoms with E-state index in [0.29, 0.717) is 19.2 Å². The van der Waals surface area contributed by atoms with Gasteiger partial charge in [0.2, 0.25) is 5.95 Å². The van der Waals surface area contributed by atoms with Gasteiger partial charge in [-0.05, 0) is 45.6 Å². The van der Waals surface area contributed by atoms with Gasteiger partial charge in [-0.2, -0.15) is 0 Å². The van der Waals surface area contributed by atoms with Crippen molar-refractivity contribution in [1.82, 2.24) is 14.9 Å². The third-order valence-electron chi connectivity index (χ3n) is 4.55. The van der Waals surface area contributed by atoms with Gasteiger partial charge in [0.25, 0.3) is 0 Å². The van der Waals surface area contributed by atoms with Crippen LogP contribution in [-0.2, 0) is 16.0 Å².